The van der Waals surface area contributed by atoms with Gasteiger partial charge in [0.2, 0.25) is 0 Å². The molecule has 0 aromatic heterocycles. The first-order chi connectivity index (χ1) is 8.75. The third-order valence-electron chi connectivity index (χ3n) is 3.25. The minimum Gasteiger partial charge on any atom is -0.486 e. The van der Waals surface area contributed by atoms with E-state index in [2.05, 4.69) is 15.9 Å². The summed E-state index contributed by atoms with van der Waals surface area (Å²) in [6, 6.07) is 3.78. The summed E-state index contributed by atoms with van der Waals surface area (Å²) in [6.45, 7) is 1.99. The highest BCUT2D eigenvalue weighted by Gasteiger charge is 2.28. The summed E-state index contributed by atoms with van der Waals surface area (Å²) >= 11 is 10.00. The second-order valence-electron chi connectivity index (χ2n) is 4.47. The van der Waals surface area contributed by atoms with Gasteiger partial charge < -0.3 is 14.2 Å². The molecule has 2 unspecified atom stereocenters. The predicted octanol–water partition coefficient (Wildman–Crippen LogP) is 3.73. The van der Waals surface area contributed by atoms with Gasteiger partial charge in [-0.1, -0.05) is 27.5 Å². The first-order valence-corrected chi connectivity index (χ1v) is 7.40. The number of ether oxygens (including phenoxy) is 3. The van der Waals surface area contributed by atoms with Gasteiger partial charge in [-0.05, 0) is 24.5 Å². The molecule has 1 fully saturated rings. The van der Waals surface area contributed by atoms with E-state index in [4.69, 9.17) is 25.8 Å². The lowest BCUT2D eigenvalue weighted by Gasteiger charge is -2.23. The molecule has 2 aliphatic heterocycles. The second kappa shape index (κ2) is 5.27. The highest BCUT2D eigenvalue weighted by molar-refractivity contribution is 9.09. The normalized spacial score (nSPS) is 24.0. The zero-order valence-electron chi connectivity index (χ0n) is 9.83. The van der Waals surface area contributed by atoms with Gasteiger partial charge in [-0.3, -0.25) is 0 Å². The average molecular weight is 334 g/mol. The molecule has 0 bridgehead atoms. The number of alkyl halides is 1. The van der Waals surface area contributed by atoms with Gasteiger partial charge in [-0.2, -0.15) is 0 Å². The van der Waals surface area contributed by atoms with Crippen molar-refractivity contribution >= 4 is 27.5 Å². The van der Waals surface area contributed by atoms with Gasteiger partial charge in [0.1, 0.15) is 13.2 Å². The molecule has 0 spiro atoms. The van der Waals surface area contributed by atoms with E-state index in [9.17, 15) is 0 Å². The Hall–Kier alpha value is -0.450. The molecule has 0 amide bonds. The standard InChI is InChI=1S/C13H14BrClO3/c14-13(10-2-1-3-16-10)8-6-11-12(7-9(8)15)18-5-4-17-11/h6-7,10,13H,1-5H2. The van der Waals surface area contributed by atoms with Crippen molar-refractivity contribution in [2.45, 2.75) is 23.8 Å². The maximum atomic E-state index is 6.31. The van der Waals surface area contributed by atoms with Crippen LogP contribution in [0.4, 0.5) is 0 Å². The number of halogens is 2. The molecule has 2 aliphatic rings. The molecule has 0 radical (unpaired) electrons. The largest absolute Gasteiger partial charge is 0.486 e. The van der Waals surface area contributed by atoms with Crippen LogP contribution in [0, 0.1) is 0 Å². The van der Waals surface area contributed by atoms with Crippen LogP contribution in [0.5, 0.6) is 11.5 Å². The fraction of sp³-hybridized carbons (Fsp3) is 0.538. The average Bonchev–Trinajstić information content (AvgIpc) is 2.91. The Labute approximate surface area is 119 Å². The minimum absolute atomic E-state index is 0.100. The molecule has 1 aromatic carbocycles. The maximum absolute atomic E-state index is 6.31. The topological polar surface area (TPSA) is 27.7 Å². The molecule has 1 aromatic rings. The zero-order valence-corrected chi connectivity index (χ0v) is 12.2. The van der Waals surface area contributed by atoms with Gasteiger partial charge in [0, 0.05) is 17.7 Å². The van der Waals surface area contributed by atoms with Crippen LogP contribution >= 0.6 is 27.5 Å². The lowest BCUT2D eigenvalue weighted by atomic mass is 10.0. The van der Waals surface area contributed by atoms with Gasteiger partial charge in [0.15, 0.2) is 11.5 Å². The molecule has 2 heterocycles. The second-order valence-corrected chi connectivity index (χ2v) is 5.86. The number of rotatable bonds is 2. The molecule has 0 aliphatic carbocycles. The van der Waals surface area contributed by atoms with Crippen LogP contribution in [-0.4, -0.2) is 25.9 Å². The molecule has 0 N–H and O–H groups in total. The van der Waals surface area contributed by atoms with Crippen LogP contribution in [0.2, 0.25) is 5.02 Å². The Bertz CT molecular complexity index is 446. The number of fused-ring (bicyclic) bond motifs is 1. The summed E-state index contributed by atoms with van der Waals surface area (Å²) in [4.78, 5) is 0.100. The van der Waals surface area contributed by atoms with Gasteiger partial charge in [0.25, 0.3) is 0 Å². The Morgan fingerprint density at radius 1 is 1.17 bits per heavy atom. The van der Waals surface area contributed by atoms with Crippen molar-refractivity contribution < 1.29 is 14.2 Å². The van der Waals surface area contributed by atoms with Crippen LogP contribution in [0.1, 0.15) is 23.2 Å². The SMILES string of the molecule is Clc1cc2c(cc1C(Br)C1CCCO1)OCCO2. The van der Waals surface area contributed by atoms with Crippen LogP contribution in [-0.2, 0) is 4.74 Å². The quantitative estimate of drug-likeness (QED) is 0.772. The molecule has 5 heteroatoms. The third-order valence-corrected chi connectivity index (χ3v) is 4.66. The van der Waals surface area contributed by atoms with Crippen LogP contribution in [0.15, 0.2) is 12.1 Å². The molecule has 98 valence electrons. The summed E-state index contributed by atoms with van der Waals surface area (Å²) in [5.41, 5.74) is 1.01. The zero-order chi connectivity index (χ0) is 12.5. The summed E-state index contributed by atoms with van der Waals surface area (Å²) < 4.78 is 16.8. The van der Waals surface area contributed by atoms with E-state index in [0.29, 0.717) is 18.2 Å². The molecule has 3 nitrogen and oxygen atoms in total. The van der Waals surface area contributed by atoms with E-state index >= 15 is 0 Å². The molecule has 3 rings (SSSR count). The van der Waals surface area contributed by atoms with Crippen molar-refractivity contribution in [1.82, 2.24) is 0 Å². The van der Waals surface area contributed by atoms with Crippen LogP contribution in [0.3, 0.4) is 0 Å². The Balaban J connectivity index is 1.90. The van der Waals surface area contributed by atoms with Gasteiger partial charge in [-0.25, -0.2) is 0 Å². The monoisotopic (exact) mass is 332 g/mol. The Kier molecular flexibility index (Phi) is 3.68. The van der Waals surface area contributed by atoms with Crippen LogP contribution < -0.4 is 9.47 Å². The van der Waals surface area contributed by atoms with Crippen LogP contribution in [0.25, 0.3) is 0 Å². The van der Waals surface area contributed by atoms with E-state index in [-0.39, 0.29) is 10.9 Å². The Morgan fingerprint density at radius 2 is 1.89 bits per heavy atom. The number of hydrogen-bond donors (Lipinski definition) is 0. The highest BCUT2D eigenvalue weighted by atomic mass is 79.9. The minimum atomic E-state index is 0.100. The summed E-state index contributed by atoms with van der Waals surface area (Å²) in [6.07, 6.45) is 2.35. The molecule has 1 saturated heterocycles. The molecule has 18 heavy (non-hydrogen) atoms. The van der Waals surface area contributed by atoms with Crippen molar-refractivity contribution in [3.05, 3.63) is 22.7 Å². The van der Waals surface area contributed by atoms with Gasteiger partial charge >= 0.3 is 0 Å². The lowest BCUT2D eigenvalue weighted by Crippen LogP contribution is -2.17. The number of hydrogen-bond acceptors (Lipinski definition) is 3. The number of benzene rings is 1. The Morgan fingerprint density at radius 3 is 2.56 bits per heavy atom. The first-order valence-electron chi connectivity index (χ1n) is 6.10. The lowest BCUT2D eigenvalue weighted by molar-refractivity contribution is 0.110. The smallest absolute Gasteiger partial charge is 0.162 e. The van der Waals surface area contributed by atoms with Gasteiger partial charge in [0.05, 0.1) is 10.9 Å². The fourth-order valence-corrected chi connectivity index (χ4v) is 3.52. The van der Waals surface area contributed by atoms with Crippen molar-refractivity contribution in [1.29, 1.82) is 0 Å². The van der Waals surface area contributed by atoms with E-state index in [1.807, 2.05) is 12.1 Å². The van der Waals surface area contributed by atoms with Crippen molar-refractivity contribution in [3.8, 4) is 11.5 Å². The van der Waals surface area contributed by atoms with Crippen molar-refractivity contribution in [2.75, 3.05) is 19.8 Å². The predicted molar refractivity (Wildman–Crippen MR) is 73.1 cm³/mol. The van der Waals surface area contributed by atoms with E-state index in [0.717, 1.165) is 36.5 Å². The molecule has 2 atom stereocenters. The third kappa shape index (κ3) is 2.33. The van der Waals surface area contributed by atoms with E-state index in [1.54, 1.807) is 0 Å². The van der Waals surface area contributed by atoms with Gasteiger partial charge in [-0.15, -0.1) is 0 Å². The first kappa shape index (κ1) is 12.6. The summed E-state index contributed by atoms with van der Waals surface area (Å²) in [7, 11) is 0. The van der Waals surface area contributed by atoms with E-state index in [1.165, 1.54) is 0 Å². The van der Waals surface area contributed by atoms with Crippen molar-refractivity contribution in [3.63, 3.8) is 0 Å². The van der Waals surface area contributed by atoms with Crippen molar-refractivity contribution in [2.24, 2.45) is 0 Å². The summed E-state index contributed by atoms with van der Waals surface area (Å²) in [5.74, 6) is 1.49. The molecular formula is C13H14BrClO3. The molecule has 0 saturated carbocycles. The molecular weight excluding hydrogens is 319 g/mol. The maximum Gasteiger partial charge on any atom is 0.162 e. The van der Waals surface area contributed by atoms with E-state index < -0.39 is 0 Å². The fourth-order valence-electron chi connectivity index (χ4n) is 2.32. The summed E-state index contributed by atoms with van der Waals surface area (Å²) in [5, 5.41) is 0.691. The highest BCUT2D eigenvalue weighted by Crippen LogP contribution is 2.43.